The van der Waals surface area contributed by atoms with Gasteiger partial charge in [-0.05, 0) is 31.4 Å². The first kappa shape index (κ1) is 23.5. The Morgan fingerprint density at radius 3 is 2.94 bits per heavy atom. The fourth-order valence-electron chi connectivity index (χ4n) is 4.10. The minimum absolute atomic E-state index is 0. The number of aryl methyl sites for hydroxylation is 2. The molecular formula is C22H31IN6O2. The van der Waals surface area contributed by atoms with Crippen LogP contribution in [-0.2, 0) is 23.0 Å². The largest absolute Gasteiger partial charge is 0.370 e. The first-order valence-corrected chi connectivity index (χ1v) is 10.7. The van der Waals surface area contributed by atoms with Crippen molar-refractivity contribution in [3.63, 3.8) is 0 Å². The van der Waals surface area contributed by atoms with Gasteiger partial charge in [-0.3, -0.25) is 9.48 Å². The van der Waals surface area contributed by atoms with Crippen LogP contribution in [0, 0.1) is 0 Å². The number of nitrogens with one attached hydrogen (secondary N) is 1. The molecule has 2 aromatic rings. The van der Waals surface area contributed by atoms with E-state index in [2.05, 4.69) is 26.4 Å². The lowest BCUT2D eigenvalue weighted by Gasteiger charge is -2.35. The van der Waals surface area contributed by atoms with E-state index in [9.17, 15) is 4.79 Å². The van der Waals surface area contributed by atoms with Crippen molar-refractivity contribution in [3.05, 3.63) is 47.8 Å². The normalized spacial score (nSPS) is 18.9. The number of halogens is 1. The molecule has 9 heteroatoms. The van der Waals surface area contributed by atoms with Gasteiger partial charge in [0.2, 0.25) is 5.91 Å². The average molecular weight is 538 g/mol. The number of carbonyl (C=O) groups is 1. The molecule has 1 amide bonds. The number of fused-ring (bicyclic) bond motifs is 1. The van der Waals surface area contributed by atoms with Gasteiger partial charge in [0.15, 0.2) is 5.96 Å². The summed E-state index contributed by atoms with van der Waals surface area (Å²) in [5.74, 6) is 0.794. The van der Waals surface area contributed by atoms with Gasteiger partial charge in [-0.1, -0.05) is 18.2 Å². The Kier molecular flexibility index (Phi) is 8.30. The summed E-state index contributed by atoms with van der Waals surface area (Å²) in [6.45, 7) is 5.69. The molecule has 2 aliphatic rings. The Labute approximate surface area is 200 Å². The number of hydrogen-bond acceptors (Lipinski definition) is 4. The molecule has 1 N–H and O–H groups in total. The zero-order valence-electron chi connectivity index (χ0n) is 18.2. The Morgan fingerprint density at radius 2 is 2.16 bits per heavy atom. The molecule has 1 unspecified atom stereocenters. The van der Waals surface area contributed by atoms with Crippen molar-refractivity contribution in [2.75, 3.05) is 44.2 Å². The van der Waals surface area contributed by atoms with E-state index < -0.39 is 0 Å². The van der Waals surface area contributed by atoms with E-state index in [1.54, 1.807) is 4.68 Å². The third-order valence-electron chi connectivity index (χ3n) is 5.57. The van der Waals surface area contributed by atoms with Gasteiger partial charge in [-0.25, -0.2) is 4.99 Å². The van der Waals surface area contributed by atoms with Gasteiger partial charge in [0.1, 0.15) is 12.6 Å². The minimum atomic E-state index is -0.0546. The number of benzene rings is 1. The maximum absolute atomic E-state index is 13.0. The van der Waals surface area contributed by atoms with Crippen molar-refractivity contribution in [3.8, 4) is 0 Å². The molecule has 1 atom stereocenters. The molecule has 2 aliphatic heterocycles. The number of anilines is 1. The van der Waals surface area contributed by atoms with Crippen molar-refractivity contribution in [1.29, 1.82) is 0 Å². The highest BCUT2D eigenvalue weighted by Gasteiger charge is 2.26. The summed E-state index contributed by atoms with van der Waals surface area (Å²) in [6.07, 6.45) is 5.78. The first-order valence-electron chi connectivity index (χ1n) is 10.7. The number of ether oxygens (including phenoxy) is 1. The fourth-order valence-corrected chi connectivity index (χ4v) is 4.10. The molecule has 0 saturated carbocycles. The molecule has 168 valence electrons. The summed E-state index contributed by atoms with van der Waals surface area (Å²) < 4.78 is 7.73. The smallest absolute Gasteiger partial charge is 0.248 e. The SMILES string of the molecule is CCNC(=NCC(=O)N1CCCc2ccccc21)N1CCOC(c2cnn(C)c2)C1.I. The predicted molar refractivity (Wildman–Crippen MR) is 132 cm³/mol. The number of aliphatic imine (C=N–C) groups is 1. The lowest BCUT2D eigenvalue weighted by molar-refractivity contribution is -0.117. The zero-order chi connectivity index (χ0) is 20.9. The Bertz CT molecular complexity index is 915. The van der Waals surface area contributed by atoms with Crippen LogP contribution in [0.3, 0.4) is 0 Å². The van der Waals surface area contributed by atoms with Crippen LogP contribution in [0.5, 0.6) is 0 Å². The van der Waals surface area contributed by atoms with Crippen molar-refractivity contribution in [2.45, 2.75) is 25.9 Å². The molecule has 8 nitrogen and oxygen atoms in total. The number of aromatic nitrogens is 2. The highest BCUT2D eigenvalue weighted by Crippen LogP contribution is 2.27. The van der Waals surface area contributed by atoms with Gasteiger partial charge < -0.3 is 19.9 Å². The number of carbonyl (C=O) groups excluding carboxylic acids is 1. The number of amides is 1. The lowest BCUT2D eigenvalue weighted by Crippen LogP contribution is -2.48. The Morgan fingerprint density at radius 1 is 1.32 bits per heavy atom. The number of para-hydroxylation sites is 1. The lowest BCUT2D eigenvalue weighted by atomic mass is 10.0. The number of nitrogens with zero attached hydrogens (tertiary/aromatic N) is 5. The van der Waals surface area contributed by atoms with Crippen LogP contribution < -0.4 is 10.2 Å². The molecule has 1 aromatic carbocycles. The van der Waals surface area contributed by atoms with Gasteiger partial charge in [0.25, 0.3) is 0 Å². The quantitative estimate of drug-likeness (QED) is 0.368. The molecular weight excluding hydrogens is 507 g/mol. The van der Waals surface area contributed by atoms with Crippen LogP contribution in [0.1, 0.15) is 30.6 Å². The van der Waals surface area contributed by atoms with E-state index in [1.807, 2.05) is 49.5 Å². The molecule has 0 radical (unpaired) electrons. The van der Waals surface area contributed by atoms with Gasteiger partial charge in [0, 0.05) is 44.1 Å². The molecule has 0 spiro atoms. The van der Waals surface area contributed by atoms with Crippen molar-refractivity contribution in [1.82, 2.24) is 20.0 Å². The van der Waals surface area contributed by atoms with Crippen LogP contribution in [0.2, 0.25) is 0 Å². The minimum Gasteiger partial charge on any atom is -0.370 e. The summed E-state index contributed by atoms with van der Waals surface area (Å²) in [5.41, 5.74) is 3.32. The van der Waals surface area contributed by atoms with Gasteiger partial charge in [-0.15, -0.1) is 24.0 Å². The second kappa shape index (κ2) is 10.9. The fraction of sp³-hybridized carbons (Fsp3) is 0.500. The molecule has 3 heterocycles. The first-order chi connectivity index (χ1) is 14.7. The standard InChI is InChI=1S/C22H30N6O2.HI/c1-3-23-22(27-11-12-30-20(16-27)18-13-25-26(2)15-18)24-14-21(29)28-10-6-8-17-7-4-5-9-19(17)28;/h4-5,7,9,13,15,20H,3,6,8,10-12,14,16H2,1-2H3,(H,23,24);1H. The van der Waals surface area contributed by atoms with E-state index in [4.69, 9.17) is 4.74 Å². The Hall–Kier alpha value is -2.14. The summed E-state index contributed by atoms with van der Waals surface area (Å²) >= 11 is 0. The van der Waals surface area contributed by atoms with Crippen molar-refractivity contribution < 1.29 is 9.53 Å². The summed E-state index contributed by atoms with van der Waals surface area (Å²) in [4.78, 5) is 21.7. The maximum atomic E-state index is 13.0. The van der Waals surface area contributed by atoms with E-state index in [0.717, 1.165) is 49.7 Å². The van der Waals surface area contributed by atoms with Crippen LogP contribution in [-0.4, -0.2) is 65.9 Å². The summed E-state index contributed by atoms with van der Waals surface area (Å²) in [7, 11) is 1.90. The van der Waals surface area contributed by atoms with Gasteiger partial charge in [0.05, 0.1) is 19.3 Å². The molecule has 0 aliphatic carbocycles. The van der Waals surface area contributed by atoms with Crippen LogP contribution >= 0.6 is 24.0 Å². The molecule has 4 rings (SSSR count). The Balaban J connectivity index is 0.00000272. The molecule has 1 saturated heterocycles. The highest BCUT2D eigenvalue weighted by molar-refractivity contribution is 14.0. The highest BCUT2D eigenvalue weighted by atomic mass is 127. The molecule has 1 fully saturated rings. The summed E-state index contributed by atoms with van der Waals surface area (Å²) in [5, 5.41) is 7.59. The number of guanidine groups is 1. The molecule has 0 bridgehead atoms. The van der Waals surface area contributed by atoms with Gasteiger partial charge >= 0.3 is 0 Å². The molecule has 31 heavy (non-hydrogen) atoms. The third-order valence-corrected chi connectivity index (χ3v) is 5.57. The average Bonchev–Trinajstić information content (AvgIpc) is 3.22. The monoisotopic (exact) mass is 538 g/mol. The van der Waals surface area contributed by atoms with E-state index >= 15 is 0 Å². The van der Waals surface area contributed by atoms with E-state index in [-0.39, 0.29) is 42.5 Å². The second-order valence-corrected chi connectivity index (χ2v) is 7.70. The van der Waals surface area contributed by atoms with Crippen LogP contribution in [0.15, 0.2) is 41.7 Å². The third kappa shape index (κ3) is 5.57. The van der Waals surface area contributed by atoms with Crippen LogP contribution in [0.25, 0.3) is 0 Å². The van der Waals surface area contributed by atoms with Gasteiger partial charge in [-0.2, -0.15) is 5.10 Å². The van der Waals surface area contributed by atoms with Crippen molar-refractivity contribution in [2.24, 2.45) is 12.0 Å². The number of morpholine rings is 1. The van der Waals surface area contributed by atoms with Crippen molar-refractivity contribution >= 4 is 41.5 Å². The topological polar surface area (TPSA) is 75.0 Å². The second-order valence-electron chi connectivity index (χ2n) is 7.70. The molecule has 1 aromatic heterocycles. The van der Waals surface area contributed by atoms with E-state index in [1.165, 1.54) is 5.56 Å². The summed E-state index contributed by atoms with van der Waals surface area (Å²) in [6, 6.07) is 8.16. The van der Waals surface area contributed by atoms with Crippen LogP contribution in [0.4, 0.5) is 5.69 Å². The maximum Gasteiger partial charge on any atom is 0.248 e. The number of rotatable bonds is 4. The number of hydrogen-bond donors (Lipinski definition) is 1. The zero-order valence-corrected chi connectivity index (χ0v) is 20.5. The predicted octanol–water partition coefficient (Wildman–Crippen LogP) is 2.36. The van der Waals surface area contributed by atoms with E-state index in [0.29, 0.717) is 13.2 Å².